The fourth-order valence-electron chi connectivity index (χ4n) is 3.05. The molecule has 1 aromatic heterocycles. The summed E-state index contributed by atoms with van der Waals surface area (Å²) >= 11 is 1.75. The first kappa shape index (κ1) is 13.1. The van der Waals surface area contributed by atoms with Crippen LogP contribution in [0.2, 0.25) is 0 Å². The Kier molecular flexibility index (Phi) is 4.23. The number of nitrogens with zero attached hydrogens (tertiary/aromatic N) is 1. The van der Waals surface area contributed by atoms with Gasteiger partial charge in [0, 0.05) is 16.8 Å². The van der Waals surface area contributed by atoms with Crippen LogP contribution < -0.4 is 0 Å². The predicted octanol–water partition coefficient (Wildman–Crippen LogP) is 2.92. The molecular weight excluding hydrogens is 230 g/mol. The zero-order valence-electron chi connectivity index (χ0n) is 10.9. The second-order valence-corrected chi connectivity index (χ2v) is 6.39. The minimum Gasteiger partial charge on any atom is -0.391 e. The van der Waals surface area contributed by atoms with Crippen LogP contribution in [-0.4, -0.2) is 35.7 Å². The second-order valence-electron chi connectivity index (χ2n) is 5.36. The van der Waals surface area contributed by atoms with Crippen LogP contribution in [0.1, 0.15) is 37.0 Å². The van der Waals surface area contributed by atoms with Crippen LogP contribution in [0, 0.1) is 0 Å². The zero-order chi connectivity index (χ0) is 12.3. The first-order valence-electron chi connectivity index (χ1n) is 6.53. The lowest BCUT2D eigenvalue weighted by atomic mass is 9.75. The lowest BCUT2D eigenvalue weighted by Crippen LogP contribution is -2.55. The van der Waals surface area contributed by atoms with Gasteiger partial charge in [-0.25, -0.2) is 0 Å². The zero-order valence-corrected chi connectivity index (χ0v) is 11.7. The number of likely N-dealkylation sites (N-methyl/N-ethyl adjacent to an activating group) is 1. The fourth-order valence-corrected chi connectivity index (χ4v) is 3.79. The molecule has 0 aliphatic heterocycles. The Hall–Kier alpha value is -0.380. The largest absolute Gasteiger partial charge is 0.391 e. The molecule has 1 saturated carbocycles. The quantitative estimate of drug-likeness (QED) is 0.892. The van der Waals surface area contributed by atoms with Crippen LogP contribution in [0.4, 0.5) is 0 Å². The van der Waals surface area contributed by atoms with Crippen molar-refractivity contribution in [3.63, 3.8) is 0 Å². The van der Waals surface area contributed by atoms with Gasteiger partial charge < -0.3 is 10.0 Å². The molecule has 3 heteroatoms. The normalized spacial score (nSPS) is 21.6. The van der Waals surface area contributed by atoms with Crippen molar-refractivity contribution in [2.45, 2.75) is 50.2 Å². The van der Waals surface area contributed by atoms with Crippen molar-refractivity contribution in [2.24, 2.45) is 0 Å². The highest BCUT2D eigenvalue weighted by atomic mass is 32.1. The molecule has 1 aliphatic rings. The molecule has 1 N–H and O–H groups in total. The average molecular weight is 253 g/mol. The van der Waals surface area contributed by atoms with Crippen LogP contribution in [0.3, 0.4) is 0 Å². The van der Waals surface area contributed by atoms with Gasteiger partial charge in [0.25, 0.3) is 0 Å². The highest BCUT2D eigenvalue weighted by molar-refractivity contribution is 7.09. The molecule has 1 atom stereocenters. The first-order chi connectivity index (χ1) is 8.15. The Balaban J connectivity index is 2.09. The van der Waals surface area contributed by atoms with E-state index in [0.717, 1.165) is 19.3 Å². The number of thiophene rings is 1. The molecule has 0 radical (unpaired) electrons. The van der Waals surface area contributed by atoms with Gasteiger partial charge in [-0.1, -0.05) is 25.3 Å². The van der Waals surface area contributed by atoms with Crippen LogP contribution in [-0.2, 0) is 6.42 Å². The summed E-state index contributed by atoms with van der Waals surface area (Å²) in [6.45, 7) is 0. The van der Waals surface area contributed by atoms with Gasteiger partial charge >= 0.3 is 0 Å². The summed E-state index contributed by atoms with van der Waals surface area (Å²) in [6, 6.07) is 4.19. The number of hydrogen-bond donors (Lipinski definition) is 1. The van der Waals surface area contributed by atoms with Gasteiger partial charge in [0.15, 0.2) is 0 Å². The van der Waals surface area contributed by atoms with Crippen LogP contribution in [0.15, 0.2) is 17.5 Å². The van der Waals surface area contributed by atoms with Crippen LogP contribution in [0.25, 0.3) is 0 Å². The van der Waals surface area contributed by atoms with E-state index >= 15 is 0 Å². The Labute approximate surface area is 108 Å². The van der Waals surface area contributed by atoms with Crippen molar-refractivity contribution < 1.29 is 5.11 Å². The minimum absolute atomic E-state index is 0.00222. The maximum Gasteiger partial charge on any atom is 0.0771 e. The summed E-state index contributed by atoms with van der Waals surface area (Å²) in [7, 11) is 4.23. The lowest BCUT2D eigenvalue weighted by molar-refractivity contribution is -0.0306. The number of rotatable bonds is 4. The van der Waals surface area contributed by atoms with E-state index in [1.807, 2.05) is 0 Å². The molecule has 17 heavy (non-hydrogen) atoms. The highest BCUT2D eigenvalue weighted by Crippen LogP contribution is 2.36. The van der Waals surface area contributed by atoms with Gasteiger partial charge in [-0.3, -0.25) is 0 Å². The van der Waals surface area contributed by atoms with E-state index in [1.54, 1.807) is 11.3 Å². The maximum atomic E-state index is 10.6. The van der Waals surface area contributed by atoms with Gasteiger partial charge in [0.05, 0.1) is 6.10 Å². The molecule has 2 nitrogen and oxygen atoms in total. The van der Waals surface area contributed by atoms with Gasteiger partial charge in [-0.05, 0) is 38.4 Å². The fraction of sp³-hybridized carbons (Fsp3) is 0.714. The number of aliphatic hydroxyl groups is 1. The molecule has 0 bridgehead atoms. The molecule has 0 aromatic carbocycles. The van der Waals surface area contributed by atoms with E-state index in [2.05, 4.69) is 36.5 Å². The Morgan fingerprint density at radius 3 is 2.59 bits per heavy atom. The predicted molar refractivity (Wildman–Crippen MR) is 73.5 cm³/mol. The van der Waals surface area contributed by atoms with E-state index in [0.29, 0.717) is 0 Å². The summed E-state index contributed by atoms with van der Waals surface area (Å²) in [5.41, 5.74) is 0.00222. The summed E-state index contributed by atoms with van der Waals surface area (Å²) in [6.07, 6.45) is 6.65. The van der Waals surface area contributed by atoms with Gasteiger partial charge in [-0.2, -0.15) is 0 Å². The summed E-state index contributed by atoms with van der Waals surface area (Å²) < 4.78 is 0. The second kappa shape index (κ2) is 5.51. The van der Waals surface area contributed by atoms with E-state index in [9.17, 15) is 5.11 Å². The molecule has 2 rings (SSSR count). The third-order valence-corrected chi connectivity index (χ3v) is 5.10. The molecule has 1 aromatic rings. The van der Waals surface area contributed by atoms with E-state index in [-0.39, 0.29) is 11.6 Å². The van der Waals surface area contributed by atoms with Gasteiger partial charge in [0.1, 0.15) is 0 Å². The number of hydrogen-bond acceptors (Lipinski definition) is 3. The first-order valence-corrected chi connectivity index (χ1v) is 7.41. The van der Waals surface area contributed by atoms with Gasteiger partial charge in [0.2, 0.25) is 0 Å². The average Bonchev–Trinajstić information content (AvgIpc) is 2.82. The van der Waals surface area contributed by atoms with Crippen molar-refractivity contribution in [1.29, 1.82) is 0 Å². The topological polar surface area (TPSA) is 23.5 Å². The Morgan fingerprint density at radius 2 is 2.06 bits per heavy atom. The molecule has 1 unspecified atom stereocenters. The van der Waals surface area contributed by atoms with Crippen molar-refractivity contribution in [1.82, 2.24) is 4.90 Å². The summed E-state index contributed by atoms with van der Waals surface area (Å²) in [4.78, 5) is 3.55. The van der Waals surface area contributed by atoms with E-state index in [1.165, 1.54) is 24.1 Å². The monoisotopic (exact) mass is 253 g/mol. The summed E-state index contributed by atoms with van der Waals surface area (Å²) in [5, 5.41) is 12.7. The van der Waals surface area contributed by atoms with Crippen LogP contribution in [0.5, 0.6) is 0 Å². The van der Waals surface area contributed by atoms with Crippen molar-refractivity contribution in [2.75, 3.05) is 14.1 Å². The van der Waals surface area contributed by atoms with E-state index in [4.69, 9.17) is 0 Å². The number of aliphatic hydroxyl groups excluding tert-OH is 1. The molecular formula is C14H23NOS. The van der Waals surface area contributed by atoms with Crippen molar-refractivity contribution >= 4 is 11.3 Å². The third-order valence-electron chi connectivity index (χ3n) is 4.20. The molecule has 1 heterocycles. The van der Waals surface area contributed by atoms with Crippen LogP contribution >= 0.6 is 11.3 Å². The Morgan fingerprint density at radius 1 is 1.35 bits per heavy atom. The SMILES string of the molecule is CN(C)C1(C(O)Cc2cccs2)CCCCC1. The maximum absolute atomic E-state index is 10.6. The Bertz CT molecular complexity index is 328. The van der Waals surface area contributed by atoms with Crippen molar-refractivity contribution in [3.8, 4) is 0 Å². The summed E-state index contributed by atoms with van der Waals surface area (Å²) in [5.74, 6) is 0. The van der Waals surface area contributed by atoms with Crippen molar-refractivity contribution in [3.05, 3.63) is 22.4 Å². The lowest BCUT2D eigenvalue weighted by Gasteiger charge is -2.46. The van der Waals surface area contributed by atoms with Gasteiger partial charge in [-0.15, -0.1) is 11.3 Å². The molecule has 96 valence electrons. The molecule has 0 saturated heterocycles. The highest BCUT2D eigenvalue weighted by Gasteiger charge is 2.40. The third kappa shape index (κ3) is 2.72. The smallest absolute Gasteiger partial charge is 0.0771 e. The standard InChI is InChI=1S/C14H23NOS/c1-15(2)14(8-4-3-5-9-14)13(16)11-12-7-6-10-17-12/h6-7,10,13,16H,3-5,8-9,11H2,1-2H3. The molecule has 1 fully saturated rings. The van der Waals surface area contributed by atoms with E-state index < -0.39 is 0 Å². The molecule has 0 amide bonds. The molecule has 0 spiro atoms. The molecule has 1 aliphatic carbocycles. The minimum atomic E-state index is -0.239.